The van der Waals surface area contributed by atoms with Crippen molar-refractivity contribution in [2.24, 2.45) is 0 Å². The highest BCUT2D eigenvalue weighted by molar-refractivity contribution is 5.77. The van der Waals surface area contributed by atoms with E-state index in [1.165, 1.54) is 11.1 Å². The molecule has 30 heavy (non-hydrogen) atoms. The van der Waals surface area contributed by atoms with Gasteiger partial charge in [-0.25, -0.2) is 4.98 Å². The van der Waals surface area contributed by atoms with Gasteiger partial charge in [0.25, 0.3) is 0 Å². The number of H-pyrrole nitrogens is 1. The fraction of sp³-hybridized carbons (Fsp3) is 0.348. The fourth-order valence-electron chi connectivity index (χ4n) is 3.95. The standard InChI is InChI=1S/C23H26N4O3/c1-29-18-8-6-15(7-9-18)23-25-21(26-27-23)14-24-22(28)13-17-5-3-4-16-12-19(30-2)10-11-20(16)17/h6-12,17H,3-5,13-14H2,1-2H3,(H,24,28)(H,25,26,27). The maximum absolute atomic E-state index is 12.6. The minimum Gasteiger partial charge on any atom is -0.497 e. The number of carbonyl (C=O) groups is 1. The molecule has 4 rings (SSSR count). The number of amides is 1. The Kier molecular flexibility index (Phi) is 5.97. The van der Waals surface area contributed by atoms with Crippen LogP contribution in [-0.2, 0) is 17.8 Å². The third-order valence-electron chi connectivity index (χ3n) is 5.55. The third kappa shape index (κ3) is 4.45. The maximum Gasteiger partial charge on any atom is 0.220 e. The van der Waals surface area contributed by atoms with Crippen LogP contribution in [0.5, 0.6) is 11.5 Å². The van der Waals surface area contributed by atoms with Gasteiger partial charge < -0.3 is 14.8 Å². The Labute approximate surface area is 175 Å². The predicted molar refractivity (Wildman–Crippen MR) is 114 cm³/mol. The first kappa shape index (κ1) is 19.9. The molecule has 1 unspecified atom stereocenters. The first-order chi connectivity index (χ1) is 14.7. The molecule has 0 radical (unpaired) electrons. The minimum atomic E-state index is 0.0195. The number of aromatic amines is 1. The van der Waals surface area contributed by atoms with Crippen molar-refractivity contribution in [2.75, 3.05) is 14.2 Å². The number of nitrogens with one attached hydrogen (secondary N) is 2. The highest BCUT2D eigenvalue weighted by Crippen LogP contribution is 2.35. The van der Waals surface area contributed by atoms with E-state index >= 15 is 0 Å². The summed E-state index contributed by atoms with van der Waals surface area (Å²) < 4.78 is 10.5. The van der Waals surface area contributed by atoms with Crippen LogP contribution >= 0.6 is 0 Å². The van der Waals surface area contributed by atoms with Gasteiger partial charge in [-0.15, -0.1) is 0 Å². The smallest absolute Gasteiger partial charge is 0.220 e. The number of aromatic nitrogens is 3. The number of hydrogen-bond acceptors (Lipinski definition) is 5. The second-order valence-electron chi connectivity index (χ2n) is 7.47. The summed E-state index contributed by atoms with van der Waals surface area (Å²) in [6, 6.07) is 13.7. The summed E-state index contributed by atoms with van der Waals surface area (Å²) in [5, 5.41) is 10.1. The number of benzene rings is 2. The number of rotatable bonds is 7. The molecule has 156 valence electrons. The number of methoxy groups -OCH3 is 2. The Balaban J connectivity index is 1.34. The first-order valence-corrected chi connectivity index (χ1v) is 10.2. The van der Waals surface area contributed by atoms with Gasteiger partial charge in [-0.3, -0.25) is 9.89 Å². The molecule has 3 aromatic rings. The lowest BCUT2D eigenvalue weighted by Crippen LogP contribution is -2.26. The van der Waals surface area contributed by atoms with Gasteiger partial charge in [-0.1, -0.05) is 6.07 Å². The molecule has 2 aromatic carbocycles. The van der Waals surface area contributed by atoms with Gasteiger partial charge in [0.2, 0.25) is 5.91 Å². The molecular formula is C23H26N4O3. The molecule has 0 fully saturated rings. The molecule has 0 bridgehead atoms. The molecule has 1 aliphatic rings. The van der Waals surface area contributed by atoms with Gasteiger partial charge in [0.1, 0.15) is 17.3 Å². The van der Waals surface area contributed by atoms with Crippen LogP contribution in [0.1, 0.15) is 42.1 Å². The molecule has 1 amide bonds. The fourth-order valence-corrected chi connectivity index (χ4v) is 3.95. The van der Waals surface area contributed by atoms with E-state index in [1.54, 1.807) is 14.2 Å². The Bertz CT molecular complexity index is 1010. The van der Waals surface area contributed by atoms with Crippen LogP contribution < -0.4 is 14.8 Å². The highest BCUT2D eigenvalue weighted by atomic mass is 16.5. The lowest BCUT2D eigenvalue weighted by atomic mass is 9.81. The lowest BCUT2D eigenvalue weighted by molar-refractivity contribution is -0.121. The van der Waals surface area contributed by atoms with Gasteiger partial charge in [0, 0.05) is 12.0 Å². The van der Waals surface area contributed by atoms with Crippen LogP contribution in [0.3, 0.4) is 0 Å². The Morgan fingerprint density at radius 1 is 1.13 bits per heavy atom. The Morgan fingerprint density at radius 3 is 2.67 bits per heavy atom. The van der Waals surface area contributed by atoms with Crippen molar-refractivity contribution in [1.29, 1.82) is 0 Å². The van der Waals surface area contributed by atoms with Crippen LogP contribution in [0.2, 0.25) is 0 Å². The Morgan fingerprint density at radius 2 is 1.90 bits per heavy atom. The summed E-state index contributed by atoms with van der Waals surface area (Å²) >= 11 is 0. The summed E-state index contributed by atoms with van der Waals surface area (Å²) in [5.41, 5.74) is 3.44. The third-order valence-corrected chi connectivity index (χ3v) is 5.55. The number of fused-ring (bicyclic) bond motifs is 1. The van der Waals surface area contributed by atoms with Gasteiger partial charge in [0.05, 0.1) is 20.8 Å². The quantitative estimate of drug-likeness (QED) is 0.626. The molecule has 0 spiro atoms. The van der Waals surface area contributed by atoms with Gasteiger partial charge in [-0.05, 0) is 72.7 Å². The summed E-state index contributed by atoms with van der Waals surface area (Å²) in [6.45, 7) is 0.324. The molecule has 0 saturated heterocycles. The largest absolute Gasteiger partial charge is 0.497 e. The van der Waals surface area contributed by atoms with E-state index in [4.69, 9.17) is 9.47 Å². The van der Waals surface area contributed by atoms with E-state index in [0.717, 1.165) is 36.3 Å². The van der Waals surface area contributed by atoms with Crippen LogP contribution in [0.15, 0.2) is 42.5 Å². The number of aryl methyl sites for hydroxylation is 1. The zero-order valence-electron chi connectivity index (χ0n) is 17.3. The second kappa shape index (κ2) is 8.98. The molecule has 1 aliphatic carbocycles. The SMILES string of the molecule is COc1ccc(-c2n[nH]c(CNC(=O)CC3CCCc4cc(OC)ccc43)n2)cc1. The maximum atomic E-state index is 12.6. The summed E-state index contributed by atoms with van der Waals surface area (Å²) in [7, 11) is 3.31. The summed E-state index contributed by atoms with van der Waals surface area (Å²) in [6.07, 6.45) is 3.62. The van der Waals surface area contributed by atoms with Gasteiger partial charge in [-0.2, -0.15) is 5.10 Å². The summed E-state index contributed by atoms with van der Waals surface area (Å²) in [5.74, 6) is 3.14. The first-order valence-electron chi connectivity index (χ1n) is 10.2. The molecule has 2 N–H and O–H groups in total. The Hall–Kier alpha value is -3.35. The zero-order valence-corrected chi connectivity index (χ0v) is 17.3. The highest BCUT2D eigenvalue weighted by Gasteiger charge is 2.23. The van der Waals surface area contributed by atoms with E-state index < -0.39 is 0 Å². The van der Waals surface area contributed by atoms with E-state index in [1.807, 2.05) is 30.3 Å². The molecule has 7 nitrogen and oxygen atoms in total. The van der Waals surface area contributed by atoms with E-state index in [-0.39, 0.29) is 11.8 Å². The zero-order chi connectivity index (χ0) is 20.9. The topological polar surface area (TPSA) is 89.1 Å². The molecule has 7 heteroatoms. The van der Waals surface area contributed by atoms with Crippen molar-refractivity contribution in [3.8, 4) is 22.9 Å². The van der Waals surface area contributed by atoms with Crippen molar-refractivity contribution in [3.63, 3.8) is 0 Å². The molecule has 1 atom stereocenters. The monoisotopic (exact) mass is 406 g/mol. The van der Waals surface area contributed by atoms with Gasteiger partial charge in [0.15, 0.2) is 5.82 Å². The molecule has 1 heterocycles. The van der Waals surface area contributed by atoms with Crippen LogP contribution in [0.4, 0.5) is 0 Å². The predicted octanol–water partition coefficient (Wildman–Crippen LogP) is 3.62. The van der Waals surface area contributed by atoms with Crippen molar-refractivity contribution in [2.45, 2.75) is 38.1 Å². The van der Waals surface area contributed by atoms with Crippen LogP contribution in [0, 0.1) is 0 Å². The van der Waals surface area contributed by atoms with Crippen molar-refractivity contribution in [1.82, 2.24) is 20.5 Å². The van der Waals surface area contributed by atoms with E-state index in [0.29, 0.717) is 24.6 Å². The number of hydrogen-bond donors (Lipinski definition) is 2. The van der Waals surface area contributed by atoms with Crippen molar-refractivity contribution >= 4 is 5.91 Å². The molecule has 1 aromatic heterocycles. The summed E-state index contributed by atoms with van der Waals surface area (Å²) in [4.78, 5) is 17.0. The normalized spacial score (nSPS) is 15.3. The average Bonchev–Trinajstić information content (AvgIpc) is 3.26. The number of nitrogens with zero attached hydrogens (tertiary/aromatic N) is 2. The number of carbonyl (C=O) groups excluding carboxylic acids is 1. The lowest BCUT2D eigenvalue weighted by Gasteiger charge is -2.25. The van der Waals surface area contributed by atoms with Crippen molar-refractivity contribution < 1.29 is 14.3 Å². The second-order valence-corrected chi connectivity index (χ2v) is 7.47. The van der Waals surface area contributed by atoms with E-state index in [2.05, 4.69) is 32.6 Å². The van der Waals surface area contributed by atoms with Gasteiger partial charge >= 0.3 is 0 Å². The average molecular weight is 406 g/mol. The minimum absolute atomic E-state index is 0.0195. The van der Waals surface area contributed by atoms with E-state index in [9.17, 15) is 4.79 Å². The van der Waals surface area contributed by atoms with Crippen LogP contribution in [0.25, 0.3) is 11.4 Å². The molecule has 0 aliphatic heterocycles. The number of ether oxygens (including phenoxy) is 2. The molecule has 0 saturated carbocycles. The van der Waals surface area contributed by atoms with Crippen LogP contribution in [-0.4, -0.2) is 35.3 Å². The molecular weight excluding hydrogens is 380 g/mol. The van der Waals surface area contributed by atoms with Crippen molar-refractivity contribution in [3.05, 3.63) is 59.4 Å².